The molecule has 0 aliphatic carbocycles. The Labute approximate surface area is 130 Å². The van der Waals surface area contributed by atoms with Crippen molar-refractivity contribution in [2.75, 3.05) is 12.8 Å². The number of hydrogen-bond acceptors (Lipinski definition) is 2. The quantitative estimate of drug-likeness (QED) is 0.757. The van der Waals surface area contributed by atoms with Crippen molar-refractivity contribution in [2.24, 2.45) is 0 Å². The highest BCUT2D eigenvalue weighted by molar-refractivity contribution is 7.99. The minimum atomic E-state index is 0.335. The van der Waals surface area contributed by atoms with Crippen molar-refractivity contribution in [3.8, 4) is 0 Å². The van der Waals surface area contributed by atoms with E-state index in [-0.39, 0.29) is 0 Å². The molecule has 0 fully saturated rings. The number of thioether (sulfide) groups is 1. The SMILES string of the molecule is CCc1ccc(C(CSc2ccccc2Cl)NC)cc1. The second-order valence-corrected chi connectivity index (χ2v) is 6.15. The largest absolute Gasteiger partial charge is 0.312 e. The number of rotatable bonds is 6. The third kappa shape index (κ3) is 4.02. The summed E-state index contributed by atoms with van der Waals surface area (Å²) in [5.74, 6) is 0.964. The molecule has 0 amide bonds. The Morgan fingerprint density at radius 3 is 2.40 bits per heavy atom. The zero-order valence-corrected chi connectivity index (χ0v) is 13.5. The maximum Gasteiger partial charge on any atom is 0.0541 e. The summed E-state index contributed by atoms with van der Waals surface area (Å²) in [6.45, 7) is 2.18. The van der Waals surface area contributed by atoms with E-state index in [0.717, 1.165) is 22.1 Å². The van der Waals surface area contributed by atoms with Gasteiger partial charge in [0.15, 0.2) is 0 Å². The van der Waals surface area contributed by atoms with Crippen molar-refractivity contribution in [3.05, 3.63) is 64.7 Å². The van der Waals surface area contributed by atoms with Crippen molar-refractivity contribution < 1.29 is 0 Å². The molecule has 0 bridgehead atoms. The van der Waals surface area contributed by atoms with Crippen LogP contribution in [-0.2, 0) is 6.42 Å². The molecule has 0 aromatic heterocycles. The maximum absolute atomic E-state index is 6.20. The first-order chi connectivity index (χ1) is 9.74. The van der Waals surface area contributed by atoms with Crippen LogP contribution in [0.4, 0.5) is 0 Å². The van der Waals surface area contributed by atoms with Crippen LogP contribution in [0.2, 0.25) is 5.02 Å². The first-order valence-electron chi connectivity index (χ1n) is 6.88. The highest BCUT2D eigenvalue weighted by atomic mass is 35.5. The third-order valence-corrected chi connectivity index (χ3v) is 4.99. The number of aryl methyl sites for hydroxylation is 1. The summed E-state index contributed by atoms with van der Waals surface area (Å²) in [5, 5.41) is 4.21. The molecule has 0 heterocycles. The van der Waals surface area contributed by atoms with E-state index in [9.17, 15) is 0 Å². The van der Waals surface area contributed by atoms with Crippen LogP contribution in [0.15, 0.2) is 53.4 Å². The van der Waals surface area contributed by atoms with E-state index in [1.54, 1.807) is 11.8 Å². The number of hydrogen-bond donors (Lipinski definition) is 1. The Morgan fingerprint density at radius 2 is 1.80 bits per heavy atom. The predicted octanol–water partition coefficient (Wildman–Crippen LogP) is 4.96. The fraction of sp³-hybridized carbons (Fsp3) is 0.294. The lowest BCUT2D eigenvalue weighted by Crippen LogP contribution is -2.18. The summed E-state index contributed by atoms with van der Waals surface area (Å²) in [6, 6.07) is 17.2. The van der Waals surface area contributed by atoms with Crippen molar-refractivity contribution in [1.82, 2.24) is 5.32 Å². The second kappa shape index (κ2) is 7.72. The highest BCUT2D eigenvalue weighted by Crippen LogP contribution is 2.30. The van der Waals surface area contributed by atoms with Crippen molar-refractivity contribution in [1.29, 1.82) is 0 Å². The molecular weight excluding hydrogens is 286 g/mol. The molecule has 0 radical (unpaired) electrons. The summed E-state index contributed by atoms with van der Waals surface area (Å²) in [7, 11) is 2.01. The molecule has 2 aromatic carbocycles. The summed E-state index contributed by atoms with van der Waals surface area (Å²) in [4.78, 5) is 1.14. The van der Waals surface area contributed by atoms with Crippen LogP contribution < -0.4 is 5.32 Å². The van der Waals surface area contributed by atoms with Gasteiger partial charge >= 0.3 is 0 Å². The molecule has 0 spiro atoms. The zero-order chi connectivity index (χ0) is 14.4. The van der Waals surface area contributed by atoms with Gasteiger partial charge in [-0.15, -0.1) is 11.8 Å². The van der Waals surface area contributed by atoms with E-state index in [2.05, 4.69) is 42.6 Å². The lowest BCUT2D eigenvalue weighted by atomic mass is 10.1. The van der Waals surface area contributed by atoms with Crippen molar-refractivity contribution in [3.63, 3.8) is 0 Å². The minimum Gasteiger partial charge on any atom is -0.312 e. The van der Waals surface area contributed by atoms with Gasteiger partial charge < -0.3 is 5.32 Å². The topological polar surface area (TPSA) is 12.0 Å². The first-order valence-corrected chi connectivity index (χ1v) is 8.24. The summed E-state index contributed by atoms with van der Waals surface area (Å²) >= 11 is 7.99. The lowest BCUT2D eigenvalue weighted by Gasteiger charge is -2.17. The summed E-state index contributed by atoms with van der Waals surface area (Å²) < 4.78 is 0. The molecule has 106 valence electrons. The van der Waals surface area contributed by atoms with Gasteiger partial charge in [-0.1, -0.05) is 54.9 Å². The molecule has 2 rings (SSSR count). The normalized spacial score (nSPS) is 12.3. The summed E-state index contributed by atoms with van der Waals surface area (Å²) in [5.41, 5.74) is 2.70. The molecule has 0 saturated heterocycles. The average molecular weight is 306 g/mol. The molecule has 0 aliphatic rings. The highest BCUT2D eigenvalue weighted by Gasteiger charge is 2.10. The van der Waals surface area contributed by atoms with E-state index in [1.807, 2.05) is 25.2 Å². The Hall–Kier alpha value is -0.960. The fourth-order valence-corrected chi connectivity index (χ4v) is 3.45. The number of nitrogens with one attached hydrogen (secondary N) is 1. The molecule has 1 nitrogen and oxygen atoms in total. The van der Waals surface area contributed by atoms with Gasteiger partial charge in [0, 0.05) is 16.7 Å². The van der Waals surface area contributed by atoms with Crippen LogP contribution >= 0.6 is 23.4 Å². The molecule has 1 N–H and O–H groups in total. The van der Waals surface area contributed by atoms with Crippen LogP contribution in [-0.4, -0.2) is 12.8 Å². The Balaban J connectivity index is 2.03. The molecule has 0 aliphatic heterocycles. The monoisotopic (exact) mass is 305 g/mol. The van der Waals surface area contributed by atoms with Crippen LogP contribution in [0.3, 0.4) is 0 Å². The zero-order valence-electron chi connectivity index (χ0n) is 11.9. The Kier molecular flexibility index (Phi) is 5.96. The minimum absolute atomic E-state index is 0.335. The molecule has 3 heteroatoms. The molecule has 2 aromatic rings. The van der Waals surface area contributed by atoms with Crippen molar-refractivity contribution in [2.45, 2.75) is 24.3 Å². The van der Waals surface area contributed by atoms with Crippen molar-refractivity contribution >= 4 is 23.4 Å². The second-order valence-electron chi connectivity index (χ2n) is 4.68. The maximum atomic E-state index is 6.20. The molecule has 0 saturated carbocycles. The van der Waals surface area contributed by atoms with Crippen LogP contribution in [0.25, 0.3) is 0 Å². The molecular formula is C17H20ClNS. The van der Waals surface area contributed by atoms with E-state index in [4.69, 9.17) is 11.6 Å². The van der Waals surface area contributed by atoms with E-state index in [0.29, 0.717) is 6.04 Å². The standard InChI is InChI=1S/C17H20ClNS/c1-3-13-8-10-14(11-9-13)16(19-2)12-20-17-7-5-4-6-15(17)18/h4-11,16,19H,3,12H2,1-2H3. The summed E-state index contributed by atoms with van der Waals surface area (Å²) in [6.07, 6.45) is 1.08. The fourth-order valence-electron chi connectivity index (χ4n) is 2.07. The van der Waals surface area contributed by atoms with E-state index in [1.165, 1.54) is 11.1 Å². The van der Waals surface area contributed by atoms with Crippen LogP contribution in [0, 0.1) is 0 Å². The van der Waals surface area contributed by atoms with Gasteiger partial charge in [-0.2, -0.15) is 0 Å². The number of halogens is 1. The van der Waals surface area contributed by atoms with Gasteiger partial charge in [0.2, 0.25) is 0 Å². The Morgan fingerprint density at radius 1 is 1.10 bits per heavy atom. The third-order valence-electron chi connectivity index (χ3n) is 3.38. The molecule has 1 atom stereocenters. The smallest absolute Gasteiger partial charge is 0.0541 e. The van der Waals surface area contributed by atoms with E-state index >= 15 is 0 Å². The lowest BCUT2D eigenvalue weighted by molar-refractivity contribution is 0.661. The Bertz CT molecular complexity index is 539. The van der Waals surface area contributed by atoms with Gasteiger partial charge in [0.25, 0.3) is 0 Å². The predicted molar refractivity (Wildman–Crippen MR) is 89.8 cm³/mol. The number of benzene rings is 2. The van der Waals surface area contributed by atoms with Crippen LogP contribution in [0.5, 0.6) is 0 Å². The molecule has 1 unspecified atom stereocenters. The first kappa shape index (κ1) is 15.4. The van der Waals surface area contributed by atoms with Gasteiger partial charge in [0.05, 0.1) is 5.02 Å². The van der Waals surface area contributed by atoms with Gasteiger partial charge in [0.1, 0.15) is 0 Å². The van der Waals surface area contributed by atoms with Gasteiger partial charge in [-0.25, -0.2) is 0 Å². The average Bonchev–Trinajstić information content (AvgIpc) is 2.50. The molecule has 20 heavy (non-hydrogen) atoms. The van der Waals surface area contributed by atoms with Gasteiger partial charge in [-0.3, -0.25) is 0 Å². The van der Waals surface area contributed by atoms with Gasteiger partial charge in [-0.05, 0) is 36.7 Å². The van der Waals surface area contributed by atoms with Crippen LogP contribution in [0.1, 0.15) is 24.1 Å². The van der Waals surface area contributed by atoms with E-state index < -0.39 is 0 Å².